The molecule has 6 heteroatoms. The maximum Gasteiger partial charge on any atom is 0.271 e. The summed E-state index contributed by atoms with van der Waals surface area (Å²) in [6.45, 7) is 2.05. The van der Waals surface area contributed by atoms with Gasteiger partial charge in [0.2, 0.25) is 5.91 Å². The molecule has 0 bridgehead atoms. The average molecular weight is 251 g/mol. The zero-order chi connectivity index (χ0) is 13.5. The number of rotatable bonds is 6. The van der Waals surface area contributed by atoms with E-state index in [1.165, 1.54) is 18.2 Å². The fourth-order valence-corrected chi connectivity index (χ4v) is 1.51. The second-order valence-corrected chi connectivity index (χ2v) is 4.03. The Kier molecular flexibility index (Phi) is 5.10. The molecule has 0 aliphatic rings. The normalized spacial score (nSPS) is 10.1. The molecule has 1 aromatic carbocycles. The van der Waals surface area contributed by atoms with Crippen molar-refractivity contribution in [3.05, 3.63) is 28.3 Å². The Morgan fingerprint density at radius 1 is 1.44 bits per heavy atom. The summed E-state index contributed by atoms with van der Waals surface area (Å²) in [6, 6.07) is 3.99. The van der Waals surface area contributed by atoms with Crippen LogP contribution in [0.2, 0.25) is 0 Å². The van der Waals surface area contributed by atoms with Crippen molar-refractivity contribution in [1.29, 1.82) is 0 Å². The smallest absolute Gasteiger partial charge is 0.271 e. The van der Waals surface area contributed by atoms with Crippen LogP contribution < -0.4 is 11.1 Å². The van der Waals surface area contributed by atoms with Crippen LogP contribution in [-0.4, -0.2) is 10.8 Å². The summed E-state index contributed by atoms with van der Waals surface area (Å²) in [5.74, 6) is -0.171. The molecule has 0 saturated carbocycles. The number of non-ortho nitro benzene ring substituents is 1. The number of nitro groups is 1. The van der Waals surface area contributed by atoms with E-state index < -0.39 is 4.92 Å². The highest BCUT2D eigenvalue weighted by Gasteiger charge is 2.11. The molecule has 1 aromatic rings. The maximum atomic E-state index is 11.6. The molecule has 0 fully saturated rings. The van der Waals surface area contributed by atoms with Crippen LogP contribution in [0.5, 0.6) is 0 Å². The lowest BCUT2D eigenvalue weighted by atomic mass is 10.2. The van der Waals surface area contributed by atoms with E-state index in [0.717, 1.165) is 19.3 Å². The minimum absolute atomic E-state index is 0.0898. The van der Waals surface area contributed by atoms with E-state index in [1.54, 1.807) is 0 Å². The molecule has 98 valence electrons. The predicted molar refractivity (Wildman–Crippen MR) is 70.3 cm³/mol. The van der Waals surface area contributed by atoms with E-state index in [1.807, 2.05) is 0 Å². The van der Waals surface area contributed by atoms with E-state index in [0.29, 0.717) is 17.8 Å². The lowest BCUT2D eigenvalue weighted by molar-refractivity contribution is -0.384. The highest BCUT2D eigenvalue weighted by molar-refractivity contribution is 5.94. The van der Waals surface area contributed by atoms with E-state index in [2.05, 4.69) is 12.2 Å². The van der Waals surface area contributed by atoms with Gasteiger partial charge in [-0.05, 0) is 12.5 Å². The molecule has 0 aromatic heterocycles. The van der Waals surface area contributed by atoms with Crippen molar-refractivity contribution in [3.8, 4) is 0 Å². The molecule has 0 unspecified atom stereocenters. The Labute approximate surface area is 105 Å². The molecule has 0 aliphatic carbocycles. The van der Waals surface area contributed by atoms with E-state index in [4.69, 9.17) is 5.73 Å². The summed E-state index contributed by atoms with van der Waals surface area (Å²) in [5, 5.41) is 13.2. The quantitative estimate of drug-likeness (QED) is 0.351. The number of benzene rings is 1. The first-order chi connectivity index (χ1) is 8.54. The van der Waals surface area contributed by atoms with Crippen LogP contribution in [0.25, 0.3) is 0 Å². The van der Waals surface area contributed by atoms with Crippen LogP contribution in [0.3, 0.4) is 0 Å². The van der Waals surface area contributed by atoms with Gasteiger partial charge in [0.25, 0.3) is 5.69 Å². The number of nitro benzene ring substituents is 1. The number of hydrogen-bond donors (Lipinski definition) is 2. The number of hydrogen-bond acceptors (Lipinski definition) is 4. The van der Waals surface area contributed by atoms with E-state index in [9.17, 15) is 14.9 Å². The minimum atomic E-state index is -0.522. The number of unbranched alkanes of at least 4 members (excludes halogenated alkanes) is 2. The highest BCUT2D eigenvalue weighted by Crippen LogP contribution is 2.24. The molecule has 0 atom stereocenters. The van der Waals surface area contributed by atoms with Crippen LogP contribution in [0.15, 0.2) is 18.2 Å². The SMILES string of the molecule is CCCCCC(=O)Nc1cc([N+](=O)[O-])ccc1N. The first-order valence-corrected chi connectivity index (χ1v) is 5.88. The van der Waals surface area contributed by atoms with E-state index >= 15 is 0 Å². The zero-order valence-electron chi connectivity index (χ0n) is 10.3. The van der Waals surface area contributed by atoms with Crippen molar-refractivity contribution < 1.29 is 9.72 Å². The van der Waals surface area contributed by atoms with Crippen LogP contribution >= 0.6 is 0 Å². The second-order valence-electron chi connectivity index (χ2n) is 4.03. The number of carbonyl (C=O) groups excluding carboxylic acids is 1. The molecule has 18 heavy (non-hydrogen) atoms. The number of nitrogens with two attached hydrogens (primary N) is 1. The van der Waals surface area contributed by atoms with Crippen LogP contribution in [0.1, 0.15) is 32.6 Å². The molecule has 0 heterocycles. The first kappa shape index (κ1) is 14.0. The topological polar surface area (TPSA) is 98.3 Å². The standard InChI is InChI=1S/C12H17N3O3/c1-2-3-4-5-12(16)14-11-8-9(15(17)18)6-7-10(11)13/h6-8H,2-5,13H2,1H3,(H,14,16). The first-order valence-electron chi connectivity index (χ1n) is 5.88. The number of amides is 1. The van der Waals surface area contributed by atoms with Gasteiger partial charge in [-0.25, -0.2) is 0 Å². The summed E-state index contributed by atoms with van der Waals surface area (Å²) in [4.78, 5) is 21.7. The molecule has 6 nitrogen and oxygen atoms in total. The Balaban J connectivity index is 2.68. The largest absolute Gasteiger partial charge is 0.397 e. The maximum absolute atomic E-state index is 11.6. The van der Waals surface area contributed by atoms with Gasteiger partial charge < -0.3 is 11.1 Å². The van der Waals surface area contributed by atoms with Crippen molar-refractivity contribution in [2.24, 2.45) is 0 Å². The van der Waals surface area contributed by atoms with Crippen LogP contribution in [0.4, 0.5) is 17.1 Å². The van der Waals surface area contributed by atoms with E-state index in [-0.39, 0.29) is 11.6 Å². The third kappa shape index (κ3) is 4.04. The van der Waals surface area contributed by atoms with Gasteiger partial charge in [0.15, 0.2) is 0 Å². The third-order valence-electron chi connectivity index (χ3n) is 2.53. The second kappa shape index (κ2) is 6.58. The lowest BCUT2D eigenvalue weighted by Crippen LogP contribution is -2.12. The molecule has 0 aliphatic heterocycles. The van der Waals surface area contributed by atoms with Crippen LogP contribution in [-0.2, 0) is 4.79 Å². The Hall–Kier alpha value is -2.11. The lowest BCUT2D eigenvalue weighted by Gasteiger charge is -2.07. The molecule has 0 radical (unpaired) electrons. The number of nitrogen functional groups attached to an aromatic ring is 1. The molecule has 1 rings (SSSR count). The summed E-state index contributed by atoms with van der Waals surface area (Å²) in [5.41, 5.74) is 6.19. The van der Waals surface area contributed by atoms with Gasteiger partial charge in [0.05, 0.1) is 16.3 Å². The van der Waals surface area contributed by atoms with Gasteiger partial charge in [-0.2, -0.15) is 0 Å². The van der Waals surface area contributed by atoms with Gasteiger partial charge in [-0.15, -0.1) is 0 Å². The summed E-state index contributed by atoms with van der Waals surface area (Å²) in [7, 11) is 0. The summed E-state index contributed by atoms with van der Waals surface area (Å²) >= 11 is 0. The highest BCUT2D eigenvalue weighted by atomic mass is 16.6. The number of nitrogens with one attached hydrogen (secondary N) is 1. The van der Waals surface area contributed by atoms with Gasteiger partial charge in [-0.1, -0.05) is 19.8 Å². The molecule has 3 N–H and O–H groups in total. The fourth-order valence-electron chi connectivity index (χ4n) is 1.51. The Morgan fingerprint density at radius 3 is 2.78 bits per heavy atom. The zero-order valence-corrected chi connectivity index (χ0v) is 10.3. The average Bonchev–Trinajstić information content (AvgIpc) is 2.32. The third-order valence-corrected chi connectivity index (χ3v) is 2.53. The fraction of sp³-hybridized carbons (Fsp3) is 0.417. The van der Waals surface area contributed by atoms with Crippen molar-refractivity contribution in [3.63, 3.8) is 0 Å². The van der Waals surface area contributed by atoms with Crippen LogP contribution in [0, 0.1) is 10.1 Å². The van der Waals surface area contributed by atoms with Crippen molar-refractivity contribution >= 4 is 23.0 Å². The minimum Gasteiger partial charge on any atom is -0.397 e. The Bertz CT molecular complexity index is 446. The molecule has 0 saturated heterocycles. The number of carbonyl (C=O) groups is 1. The molecular formula is C12H17N3O3. The number of anilines is 2. The van der Waals surface area contributed by atoms with Gasteiger partial charge in [0, 0.05) is 18.6 Å². The molecule has 0 spiro atoms. The van der Waals surface area contributed by atoms with Gasteiger partial charge in [0.1, 0.15) is 0 Å². The predicted octanol–water partition coefficient (Wildman–Crippen LogP) is 2.70. The molecule has 1 amide bonds. The molecular weight excluding hydrogens is 234 g/mol. The monoisotopic (exact) mass is 251 g/mol. The van der Waals surface area contributed by atoms with Gasteiger partial charge >= 0.3 is 0 Å². The van der Waals surface area contributed by atoms with Crippen molar-refractivity contribution in [2.75, 3.05) is 11.1 Å². The summed E-state index contributed by atoms with van der Waals surface area (Å²) < 4.78 is 0. The van der Waals surface area contributed by atoms with Crippen molar-refractivity contribution in [2.45, 2.75) is 32.6 Å². The van der Waals surface area contributed by atoms with Gasteiger partial charge in [-0.3, -0.25) is 14.9 Å². The van der Waals surface area contributed by atoms with Crippen molar-refractivity contribution in [1.82, 2.24) is 0 Å². The number of nitrogens with zero attached hydrogens (tertiary/aromatic N) is 1. The summed E-state index contributed by atoms with van der Waals surface area (Å²) in [6.07, 6.45) is 3.22. The Morgan fingerprint density at radius 2 is 2.17 bits per heavy atom.